The average Bonchev–Trinajstić information content (AvgIpc) is 2.17. The fraction of sp³-hybridized carbons (Fsp3) is 0.200. The first-order valence-electron chi connectivity index (χ1n) is 4.31. The first-order chi connectivity index (χ1) is 7.00. The van der Waals surface area contributed by atoms with E-state index in [1.807, 2.05) is 0 Å². The lowest BCUT2D eigenvalue weighted by Gasteiger charge is -2.08. The van der Waals surface area contributed by atoms with Gasteiger partial charge in [0, 0.05) is 6.04 Å². The molecule has 0 aliphatic carbocycles. The Morgan fingerprint density at radius 3 is 2.13 bits per heavy atom. The molecule has 1 unspecified atom stereocenters. The normalized spacial score (nSPS) is 12.1. The van der Waals surface area contributed by atoms with E-state index in [9.17, 15) is 9.59 Å². The maximum absolute atomic E-state index is 10.5. The van der Waals surface area contributed by atoms with Crippen LogP contribution in [0, 0.1) is 0 Å². The Morgan fingerprint density at radius 2 is 1.73 bits per heavy atom. The highest BCUT2D eigenvalue weighted by Gasteiger charge is 2.11. The molecule has 1 aromatic carbocycles. The van der Waals surface area contributed by atoms with Gasteiger partial charge in [0.1, 0.15) is 0 Å². The van der Waals surface area contributed by atoms with Gasteiger partial charge in [-0.2, -0.15) is 0 Å². The van der Waals surface area contributed by atoms with Gasteiger partial charge in [-0.05, 0) is 17.7 Å². The second-order valence-corrected chi connectivity index (χ2v) is 3.13. The predicted molar refractivity (Wildman–Crippen MR) is 52.6 cm³/mol. The van der Waals surface area contributed by atoms with Crippen molar-refractivity contribution in [2.45, 2.75) is 12.5 Å². The maximum Gasteiger partial charge on any atom is 0.335 e. The molecule has 0 heterocycles. The number of aromatic carboxylic acids is 1. The van der Waals surface area contributed by atoms with E-state index in [1.54, 1.807) is 0 Å². The highest BCUT2D eigenvalue weighted by molar-refractivity contribution is 5.87. The Morgan fingerprint density at radius 1 is 1.20 bits per heavy atom. The molecule has 0 fully saturated rings. The van der Waals surface area contributed by atoms with Gasteiger partial charge in [-0.3, -0.25) is 4.79 Å². The summed E-state index contributed by atoms with van der Waals surface area (Å²) in [6.07, 6.45) is -0.174. The number of carbonyl (C=O) groups is 2. The topological polar surface area (TPSA) is 101 Å². The van der Waals surface area contributed by atoms with E-state index in [2.05, 4.69) is 0 Å². The summed E-state index contributed by atoms with van der Waals surface area (Å²) < 4.78 is 0. The molecule has 0 aliphatic heterocycles. The van der Waals surface area contributed by atoms with Crippen molar-refractivity contribution in [1.82, 2.24) is 0 Å². The molecule has 0 aliphatic rings. The van der Waals surface area contributed by atoms with E-state index in [-0.39, 0.29) is 12.0 Å². The highest BCUT2D eigenvalue weighted by atomic mass is 16.4. The third-order valence-electron chi connectivity index (χ3n) is 1.98. The van der Waals surface area contributed by atoms with Gasteiger partial charge in [0.25, 0.3) is 0 Å². The Hall–Kier alpha value is -1.88. The molecular weight excluding hydrogens is 198 g/mol. The predicted octanol–water partition coefficient (Wildman–Crippen LogP) is 0.859. The summed E-state index contributed by atoms with van der Waals surface area (Å²) in [5, 5.41) is 17.1. The van der Waals surface area contributed by atoms with Crippen LogP contribution in [0.25, 0.3) is 0 Å². The molecule has 5 nitrogen and oxygen atoms in total. The van der Waals surface area contributed by atoms with Gasteiger partial charge >= 0.3 is 11.9 Å². The summed E-state index contributed by atoms with van der Waals surface area (Å²) in [5.41, 5.74) is 6.36. The molecule has 0 radical (unpaired) electrons. The van der Waals surface area contributed by atoms with E-state index in [0.717, 1.165) is 0 Å². The van der Waals surface area contributed by atoms with Crippen LogP contribution in [0.1, 0.15) is 28.4 Å². The molecule has 15 heavy (non-hydrogen) atoms. The van der Waals surface area contributed by atoms with Crippen molar-refractivity contribution in [1.29, 1.82) is 0 Å². The van der Waals surface area contributed by atoms with Gasteiger partial charge in [-0.25, -0.2) is 4.79 Å². The summed E-state index contributed by atoms with van der Waals surface area (Å²) in [5.74, 6) is -2.00. The van der Waals surface area contributed by atoms with E-state index >= 15 is 0 Å². The molecule has 0 aromatic heterocycles. The molecule has 80 valence electrons. The van der Waals surface area contributed by atoms with Crippen molar-refractivity contribution < 1.29 is 19.8 Å². The standard InChI is InChI=1S/C10H11NO4/c11-8(5-9(12)13)6-1-3-7(4-2-6)10(14)15/h1-4,8H,5,11H2,(H,12,13)(H,14,15). The van der Waals surface area contributed by atoms with Crippen LogP contribution in [0.15, 0.2) is 24.3 Å². The molecule has 5 heteroatoms. The van der Waals surface area contributed by atoms with Crippen molar-refractivity contribution in [3.63, 3.8) is 0 Å². The minimum Gasteiger partial charge on any atom is -0.481 e. The number of benzene rings is 1. The summed E-state index contributed by atoms with van der Waals surface area (Å²) in [4.78, 5) is 20.9. The van der Waals surface area contributed by atoms with Gasteiger partial charge in [0.05, 0.1) is 12.0 Å². The lowest BCUT2D eigenvalue weighted by atomic mass is 10.0. The Bertz CT molecular complexity index is 372. The molecule has 0 saturated carbocycles. The van der Waals surface area contributed by atoms with Crippen LogP contribution in [0.2, 0.25) is 0 Å². The zero-order valence-corrected chi connectivity index (χ0v) is 7.88. The van der Waals surface area contributed by atoms with Gasteiger partial charge < -0.3 is 15.9 Å². The molecule has 4 N–H and O–H groups in total. The van der Waals surface area contributed by atoms with Crippen molar-refractivity contribution in [3.05, 3.63) is 35.4 Å². The van der Waals surface area contributed by atoms with Gasteiger partial charge in [0.15, 0.2) is 0 Å². The van der Waals surface area contributed by atoms with Crippen LogP contribution >= 0.6 is 0 Å². The molecule has 1 aromatic rings. The molecule has 0 spiro atoms. The Balaban J connectivity index is 2.79. The average molecular weight is 209 g/mol. The molecule has 1 atom stereocenters. The van der Waals surface area contributed by atoms with E-state index < -0.39 is 18.0 Å². The van der Waals surface area contributed by atoms with E-state index in [0.29, 0.717) is 5.56 Å². The quantitative estimate of drug-likeness (QED) is 0.682. The van der Waals surface area contributed by atoms with Crippen molar-refractivity contribution in [2.75, 3.05) is 0 Å². The third-order valence-corrected chi connectivity index (χ3v) is 1.98. The number of carboxylic acids is 2. The van der Waals surface area contributed by atoms with Crippen LogP contribution in [0.5, 0.6) is 0 Å². The smallest absolute Gasteiger partial charge is 0.335 e. The van der Waals surface area contributed by atoms with Crippen LogP contribution < -0.4 is 5.73 Å². The second kappa shape index (κ2) is 4.56. The number of aliphatic carboxylic acids is 1. The molecule has 1 rings (SSSR count). The van der Waals surface area contributed by atoms with Crippen molar-refractivity contribution >= 4 is 11.9 Å². The molecular formula is C10H11NO4. The molecule has 0 bridgehead atoms. The van der Waals surface area contributed by atoms with Crippen molar-refractivity contribution in [2.24, 2.45) is 5.73 Å². The number of rotatable bonds is 4. The zero-order chi connectivity index (χ0) is 11.4. The number of nitrogens with two attached hydrogens (primary N) is 1. The minimum atomic E-state index is -1.02. The summed E-state index contributed by atoms with van der Waals surface area (Å²) in [6, 6.07) is 5.25. The van der Waals surface area contributed by atoms with Gasteiger partial charge in [-0.1, -0.05) is 12.1 Å². The monoisotopic (exact) mass is 209 g/mol. The summed E-state index contributed by atoms with van der Waals surface area (Å²) >= 11 is 0. The second-order valence-electron chi connectivity index (χ2n) is 3.13. The van der Waals surface area contributed by atoms with Crippen LogP contribution in [-0.4, -0.2) is 22.2 Å². The lowest BCUT2D eigenvalue weighted by Crippen LogP contribution is -2.15. The number of carboxylic acid groups (broad SMARTS) is 2. The molecule has 0 amide bonds. The minimum absolute atomic E-state index is 0.154. The fourth-order valence-electron chi connectivity index (χ4n) is 1.18. The van der Waals surface area contributed by atoms with Crippen LogP contribution in [0.3, 0.4) is 0 Å². The Kier molecular flexibility index (Phi) is 3.41. The van der Waals surface area contributed by atoms with E-state index in [1.165, 1.54) is 24.3 Å². The Labute approximate surface area is 86.1 Å². The first-order valence-corrected chi connectivity index (χ1v) is 4.31. The van der Waals surface area contributed by atoms with E-state index in [4.69, 9.17) is 15.9 Å². The molecule has 0 saturated heterocycles. The maximum atomic E-state index is 10.5. The SMILES string of the molecule is NC(CC(=O)O)c1ccc(C(=O)O)cc1. The number of hydrogen-bond donors (Lipinski definition) is 3. The summed E-state index contributed by atoms with van der Waals surface area (Å²) in [7, 11) is 0. The lowest BCUT2D eigenvalue weighted by molar-refractivity contribution is -0.137. The zero-order valence-electron chi connectivity index (χ0n) is 7.88. The van der Waals surface area contributed by atoms with Crippen LogP contribution in [0.4, 0.5) is 0 Å². The summed E-state index contributed by atoms with van der Waals surface area (Å²) in [6.45, 7) is 0. The number of hydrogen-bond acceptors (Lipinski definition) is 3. The largest absolute Gasteiger partial charge is 0.481 e. The third kappa shape index (κ3) is 3.07. The van der Waals surface area contributed by atoms with Gasteiger partial charge in [0.2, 0.25) is 0 Å². The first kappa shape index (κ1) is 11.2. The highest BCUT2D eigenvalue weighted by Crippen LogP contribution is 2.14. The fourth-order valence-corrected chi connectivity index (χ4v) is 1.18. The van der Waals surface area contributed by atoms with Crippen molar-refractivity contribution in [3.8, 4) is 0 Å². The van der Waals surface area contributed by atoms with Crippen LogP contribution in [-0.2, 0) is 4.79 Å². The van der Waals surface area contributed by atoms with Gasteiger partial charge in [-0.15, -0.1) is 0 Å².